The SMILES string of the molecule is CCNC1CCC2(CCCCC2)CC1. The van der Waals surface area contributed by atoms with Crippen LogP contribution in [-0.4, -0.2) is 12.6 Å². The summed E-state index contributed by atoms with van der Waals surface area (Å²) in [5.41, 5.74) is 0.796. The molecule has 0 atom stereocenters. The molecular formula is C13H25N. The number of hydrogen-bond acceptors (Lipinski definition) is 1. The van der Waals surface area contributed by atoms with Crippen LogP contribution in [0, 0.1) is 5.41 Å². The first-order chi connectivity index (χ1) is 6.85. The average molecular weight is 195 g/mol. The second-order valence-corrected chi connectivity index (χ2v) is 5.39. The van der Waals surface area contributed by atoms with Gasteiger partial charge in [-0.3, -0.25) is 0 Å². The van der Waals surface area contributed by atoms with E-state index in [2.05, 4.69) is 12.2 Å². The van der Waals surface area contributed by atoms with Crippen LogP contribution < -0.4 is 5.32 Å². The highest BCUT2D eigenvalue weighted by molar-refractivity contribution is 4.89. The van der Waals surface area contributed by atoms with Crippen molar-refractivity contribution in [1.82, 2.24) is 5.32 Å². The summed E-state index contributed by atoms with van der Waals surface area (Å²) >= 11 is 0. The quantitative estimate of drug-likeness (QED) is 0.711. The van der Waals surface area contributed by atoms with E-state index in [0.29, 0.717) is 0 Å². The Balaban J connectivity index is 1.81. The van der Waals surface area contributed by atoms with Gasteiger partial charge in [-0.2, -0.15) is 0 Å². The fraction of sp³-hybridized carbons (Fsp3) is 1.00. The van der Waals surface area contributed by atoms with E-state index in [0.717, 1.165) is 18.0 Å². The highest BCUT2D eigenvalue weighted by Gasteiger charge is 2.35. The summed E-state index contributed by atoms with van der Waals surface area (Å²) in [6, 6.07) is 0.840. The standard InChI is InChI=1S/C13H25N/c1-2-14-12-6-10-13(11-7-12)8-4-3-5-9-13/h12,14H,2-11H2,1H3. The average Bonchev–Trinajstić information content (AvgIpc) is 2.24. The molecule has 0 saturated heterocycles. The van der Waals surface area contributed by atoms with E-state index >= 15 is 0 Å². The summed E-state index contributed by atoms with van der Waals surface area (Å²) in [6.45, 7) is 3.38. The molecule has 14 heavy (non-hydrogen) atoms. The highest BCUT2D eigenvalue weighted by Crippen LogP contribution is 2.47. The van der Waals surface area contributed by atoms with Crippen LogP contribution in [0.5, 0.6) is 0 Å². The van der Waals surface area contributed by atoms with Crippen LogP contribution >= 0.6 is 0 Å². The lowest BCUT2D eigenvalue weighted by Gasteiger charge is -2.43. The summed E-state index contributed by atoms with van der Waals surface area (Å²) in [5, 5.41) is 3.61. The Morgan fingerprint density at radius 1 is 1.00 bits per heavy atom. The van der Waals surface area contributed by atoms with Gasteiger partial charge in [0.05, 0.1) is 0 Å². The van der Waals surface area contributed by atoms with Gasteiger partial charge in [-0.05, 0) is 50.5 Å². The summed E-state index contributed by atoms with van der Waals surface area (Å²) in [5.74, 6) is 0. The predicted molar refractivity (Wildman–Crippen MR) is 61.5 cm³/mol. The van der Waals surface area contributed by atoms with Gasteiger partial charge in [-0.1, -0.05) is 26.2 Å². The Labute approximate surface area is 88.7 Å². The zero-order valence-electron chi connectivity index (χ0n) is 9.65. The maximum Gasteiger partial charge on any atom is 0.00673 e. The molecule has 0 radical (unpaired) electrons. The van der Waals surface area contributed by atoms with Crippen molar-refractivity contribution >= 4 is 0 Å². The fourth-order valence-electron chi connectivity index (χ4n) is 3.52. The predicted octanol–water partition coefficient (Wildman–Crippen LogP) is 3.49. The minimum Gasteiger partial charge on any atom is -0.314 e. The van der Waals surface area contributed by atoms with E-state index < -0.39 is 0 Å². The summed E-state index contributed by atoms with van der Waals surface area (Å²) in [4.78, 5) is 0. The maximum absolute atomic E-state index is 3.61. The van der Waals surface area contributed by atoms with Crippen molar-refractivity contribution in [3.8, 4) is 0 Å². The smallest absolute Gasteiger partial charge is 0.00673 e. The van der Waals surface area contributed by atoms with Crippen LogP contribution in [0.3, 0.4) is 0 Å². The van der Waals surface area contributed by atoms with E-state index in [-0.39, 0.29) is 0 Å². The Morgan fingerprint density at radius 3 is 2.21 bits per heavy atom. The summed E-state index contributed by atoms with van der Waals surface area (Å²) in [6.07, 6.45) is 13.5. The van der Waals surface area contributed by atoms with Crippen LogP contribution in [-0.2, 0) is 0 Å². The first-order valence-corrected chi connectivity index (χ1v) is 6.58. The van der Waals surface area contributed by atoms with Gasteiger partial charge in [0.15, 0.2) is 0 Å². The fourth-order valence-corrected chi connectivity index (χ4v) is 3.52. The van der Waals surface area contributed by atoms with Crippen molar-refractivity contribution in [3.05, 3.63) is 0 Å². The van der Waals surface area contributed by atoms with E-state index in [1.54, 1.807) is 0 Å². The summed E-state index contributed by atoms with van der Waals surface area (Å²) in [7, 11) is 0. The van der Waals surface area contributed by atoms with Crippen LogP contribution in [0.4, 0.5) is 0 Å². The molecule has 1 nitrogen and oxygen atoms in total. The van der Waals surface area contributed by atoms with Gasteiger partial charge in [0, 0.05) is 6.04 Å². The molecule has 1 spiro atoms. The summed E-state index contributed by atoms with van der Waals surface area (Å²) < 4.78 is 0. The number of nitrogens with one attached hydrogen (secondary N) is 1. The van der Waals surface area contributed by atoms with Gasteiger partial charge in [-0.15, -0.1) is 0 Å². The van der Waals surface area contributed by atoms with Gasteiger partial charge < -0.3 is 5.32 Å². The molecule has 2 aliphatic carbocycles. The normalized spacial score (nSPS) is 28.1. The lowest BCUT2D eigenvalue weighted by atomic mass is 9.64. The lowest BCUT2D eigenvalue weighted by molar-refractivity contribution is 0.108. The highest BCUT2D eigenvalue weighted by atomic mass is 14.9. The van der Waals surface area contributed by atoms with E-state index in [1.165, 1.54) is 57.8 Å². The molecule has 0 aromatic heterocycles. The first-order valence-electron chi connectivity index (χ1n) is 6.58. The largest absolute Gasteiger partial charge is 0.314 e. The first kappa shape index (κ1) is 10.5. The molecule has 1 N–H and O–H groups in total. The van der Waals surface area contributed by atoms with Crippen LogP contribution in [0.1, 0.15) is 64.7 Å². The zero-order valence-corrected chi connectivity index (χ0v) is 9.65. The molecule has 0 unspecified atom stereocenters. The second kappa shape index (κ2) is 4.65. The molecule has 0 aromatic carbocycles. The molecule has 0 heterocycles. The van der Waals surface area contributed by atoms with E-state index in [1.807, 2.05) is 0 Å². The maximum atomic E-state index is 3.61. The Morgan fingerprint density at radius 2 is 1.64 bits per heavy atom. The number of rotatable bonds is 2. The van der Waals surface area contributed by atoms with Gasteiger partial charge in [0.1, 0.15) is 0 Å². The molecule has 2 rings (SSSR count). The monoisotopic (exact) mass is 195 g/mol. The van der Waals surface area contributed by atoms with Gasteiger partial charge in [0.2, 0.25) is 0 Å². The van der Waals surface area contributed by atoms with Crippen molar-refractivity contribution in [2.45, 2.75) is 70.8 Å². The molecule has 82 valence electrons. The molecular weight excluding hydrogens is 170 g/mol. The second-order valence-electron chi connectivity index (χ2n) is 5.39. The Hall–Kier alpha value is -0.0400. The van der Waals surface area contributed by atoms with Crippen molar-refractivity contribution in [3.63, 3.8) is 0 Å². The van der Waals surface area contributed by atoms with Crippen LogP contribution in [0.2, 0.25) is 0 Å². The Bertz CT molecular complexity index is 160. The van der Waals surface area contributed by atoms with Gasteiger partial charge >= 0.3 is 0 Å². The van der Waals surface area contributed by atoms with Crippen molar-refractivity contribution in [2.75, 3.05) is 6.54 Å². The molecule has 0 aliphatic heterocycles. The molecule has 0 aromatic rings. The van der Waals surface area contributed by atoms with Crippen LogP contribution in [0.25, 0.3) is 0 Å². The molecule has 2 saturated carbocycles. The van der Waals surface area contributed by atoms with E-state index in [4.69, 9.17) is 0 Å². The lowest BCUT2D eigenvalue weighted by Crippen LogP contribution is -2.38. The minimum absolute atomic E-state index is 0.796. The van der Waals surface area contributed by atoms with E-state index in [9.17, 15) is 0 Å². The van der Waals surface area contributed by atoms with Crippen LogP contribution in [0.15, 0.2) is 0 Å². The molecule has 0 bridgehead atoms. The topological polar surface area (TPSA) is 12.0 Å². The molecule has 1 heteroatoms. The zero-order chi connectivity index (χ0) is 9.86. The van der Waals surface area contributed by atoms with Gasteiger partial charge in [-0.25, -0.2) is 0 Å². The van der Waals surface area contributed by atoms with Gasteiger partial charge in [0.25, 0.3) is 0 Å². The third-order valence-corrected chi connectivity index (χ3v) is 4.45. The third-order valence-electron chi connectivity index (χ3n) is 4.45. The van der Waals surface area contributed by atoms with Crippen molar-refractivity contribution < 1.29 is 0 Å². The van der Waals surface area contributed by atoms with Crippen molar-refractivity contribution in [1.29, 1.82) is 0 Å². The third kappa shape index (κ3) is 2.31. The Kier molecular flexibility index (Phi) is 3.48. The molecule has 0 amide bonds. The minimum atomic E-state index is 0.796. The number of hydrogen-bond donors (Lipinski definition) is 1. The molecule has 2 aliphatic rings. The molecule has 2 fully saturated rings. The van der Waals surface area contributed by atoms with Crippen molar-refractivity contribution in [2.24, 2.45) is 5.41 Å².